The molecule has 6 heteroatoms. The smallest absolute Gasteiger partial charge is 0.251 e. The molecule has 1 amide bonds. The normalized spacial score (nSPS) is 14.4. The molecule has 0 aliphatic heterocycles. The lowest BCUT2D eigenvalue weighted by molar-refractivity contribution is 0.0950. The van der Waals surface area contributed by atoms with Crippen molar-refractivity contribution in [2.75, 3.05) is 7.05 Å². The van der Waals surface area contributed by atoms with Gasteiger partial charge in [0.2, 0.25) is 0 Å². The second-order valence-corrected chi connectivity index (χ2v) is 8.93. The van der Waals surface area contributed by atoms with Gasteiger partial charge in [0.1, 0.15) is 18.2 Å². The van der Waals surface area contributed by atoms with Crippen LogP contribution in [0.25, 0.3) is 0 Å². The lowest BCUT2D eigenvalue weighted by Gasteiger charge is -2.31. The SMILES string of the molecule is CN(Cc1ccccc1CNC(=O)c1ccc(OCc2nccn2C)cc1)C1CCCCC1. The molecule has 4 rings (SSSR count). The largest absolute Gasteiger partial charge is 0.486 e. The average molecular weight is 447 g/mol. The molecule has 33 heavy (non-hydrogen) atoms. The van der Waals surface area contributed by atoms with E-state index in [9.17, 15) is 4.79 Å². The summed E-state index contributed by atoms with van der Waals surface area (Å²) in [6, 6.07) is 16.3. The van der Waals surface area contributed by atoms with E-state index < -0.39 is 0 Å². The molecule has 1 N–H and O–H groups in total. The molecule has 3 aromatic rings. The molecule has 1 heterocycles. The molecule has 2 aromatic carbocycles. The zero-order valence-electron chi connectivity index (χ0n) is 19.7. The van der Waals surface area contributed by atoms with E-state index in [-0.39, 0.29) is 5.91 Å². The second-order valence-electron chi connectivity index (χ2n) is 8.93. The van der Waals surface area contributed by atoms with Crippen molar-refractivity contribution in [2.45, 2.75) is 57.8 Å². The van der Waals surface area contributed by atoms with E-state index in [1.807, 2.05) is 36.0 Å². The first-order valence-electron chi connectivity index (χ1n) is 11.8. The van der Waals surface area contributed by atoms with Gasteiger partial charge in [0.15, 0.2) is 0 Å². The predicted octanol–water partition coefficient (Wildman–Crippen LogP) is 4.69. The molecule has 1 aliphatic rings. The molecular weight excluding hydrogens is 412 g/mol. The summed E-state index contributed by atoms with van der Waals surface area (Å²) in [5.74, 6) is 1.48. The summed E-state index contributed by atoms with van der Waals surface area (Å²) in [7, 11) is 4.16. The number of carbonyl (C=O) groups is 1. The van der Waals surface area contributed by atoms with Gasteiger partial charge in [-0.05, 0) is 55.3 Å². The number of amides is 1. The van der Waals surface area contributed by atoms with Gasteiger partial charge in [0.05, 0.1) is 0 Å². The van der Waals surface area contributed by atoms with Gasteiger partial charge < -0.3 is 14.6 Å². The summed E-state index contributed by atoms with van der Waals surface area (Å²) >= 11 is 0. The van der Waals surface area contributed by atoms with Gasteiger partial charge in [-0.15, -0.1) is 0 Å². The Bertz CT molecular complexity index is 1040. The molecule has 0 bridgehead atoms. The number of nitrogens with zero attached hydrogens (tertiary/aromatic N) is 3. The molecule has 0 radical (unpaired) electrons. The van der Waals surface area contributed by atoms with E-state index in [2.05, 4.69) is 40.4 Å². The summed E-state index contributed by atoms with van der Waals surface area (Å²) in [4.78, 5) is 19.5. The van der Waals surface area contributed by atoms with Crippen LogP contribution in [0, 0.1) is 0 Å². The van der Waals surface area contributed by atoms with Crippen molar-refractivity contribution in [2.24, 2.45) is 7.05 Å². The second kappa shape index (κ2) is 11.1. The van der Waals surface area contributed by atoms with E-state index >= 15 is 0 Å². The highest BCUT2D eigenvalue weighted by Gasteiger charge is 2.19. The van der Waals surface area contributed by atoms with Gasteiger partial charge in [-0.1, -0.05) is 43.5 Å². The van der Waals surface area contributed by atoms with Crippen LogP contribution in [0.3, 0.4) is 0 Å². The predicted molar refractivity (Wildman–Crippen MR) is 130 cm³/mol. The van der Waals surface area contributed by atoms with Crippen LogP contribution in [0.2, 0.25) is 0 Å². The van der Waals surface area contributed by atoms with Crippen LogP contribution in [0.15, 0.2) is 60.9 Å². The van der Waals surface area contributed by atoms with Crippen LogP contribution in [-0.2, 0) is 26.7 Å². The Kier molecular flexibility index (Phi) is 7.79. The minimum absolute atomic E-state index is 0.0823. The Morgan fingerprint density at radius 1 is 1.09 bits per heavy atom. The molecule has 6 nitrogen and oxygen atoms in total. The van der Waals surface area contributed by atoms with Crippen LogP contribution < -0.4 is 10.1 Å². The van der Waals surface area contributed by atoms with Gasteiger partial charge in [0.25, 0.3) is 5.91 Å². The van der Waals surface area contributed by atoms with E-state index in [0.717, 1.165) is 12.4 Å². The Labute approximate surface area is 196 Å². The van der Waals surface area contributed by atoms with Gasteiger partial charge >= 0.3 is 0 Å². The minimum Gasteiger partial charge on any atom is -0.486 e. The van der Waals surface area contributed by atoms with Crippen LogP contribution in [0.4, 0.5) is 0 Å². The number of aryl methyl sites for hydroxylation is 1. The lowest BCUT2D eigenvalue weighted by Crippen LogP contribution is -2.33. The Morgan fingerprint density at radius 2 is 1.82 bits per heavy atom. The van der Waals surface area contributed by atoms with Crippen LogP contribution in [-0.4, -0.2) is 33.4 Å². The number of imidazole rings is 1. The molecule has 1 aromatic heterocycles. The van der Waals surface area contributed by atoms with Crippen molar-refractivity contribution in [3.8, 4) is 5.75 Å². The first kappa shape index (κ1) is 23.1. The maximum atomic E-state index is 12.7. The highest BCUT2D eigenvalue weighted by Crippen LogP contribution is 2.23. The maximum absolute atomic E-state index is 12.7. The molecule has 0 spiro atoms. The number of hydrogen-bond donors (Lipinski definition) is 1. The fraction of sp³-hybridized carbons (Fsp3) is 0.407. The number of rotatable bonds is 9. The fourth-order valence-corrected chi connectivity index (χ4v) is 4.47. The highest BCUT2D eigenvalue weighted by molar-refractivity contribution is 5.94. The van der Waals surface area contributed by atoms with Gasteiger partial charge in [-0.3, -0.25) is 9.69 Å². The average Bonchev–Trinajstić information content (AvgIpc) is 3.27. The number of hydrogen-bond acceptors (Lipinski definition) is 4. The van der Waals surface area contributed by atoms with Crippen molar-refractivity contribution in [1.29, 1.82) is 0 Å². The van der Waals surface area contributed by atoms with E-state index in [1.54, 1.807) is 18.3 Å². The van der Waals surface area contributed by atoms with Crippen LogP contribution in [0.1, 0.15) is 59.4 Å². The zero-order valence-corrected chi connectivity index (χ0v) is 19.7. The fourth-order valence-electron chi connectivity index (χ4n) is 4.47. The van der Waals surface area contributed by atoms with E-state index in [4.69, 9.17) is 4.74 Å². The summed E-state index contributed by atoms with van der Waals surface area (Å²) in [6.45, 7) is 1.82. The minimum atomic E-state index is -0.0823. The monoisotopic (exact) mass is 446 g/mol. The van der Waals surface area contributed by atoms with Crippen LogP contribution in [0.5, 0.6) is 5.75 Å². The van der Waals surface area contributed by atoms with Crippen molar-refractivity contribution in [3.63, 3.8) is 0 Å². The lowest BCUT2D eigenvalue weighted by atomic mass is 9.94. The molecule has 0 atom stereocenters. The first-order valence-corrected chi connectivity index (χ1v) is 11.8. The summed E-state index contributed by atoms with van der Waals surface area (Å²) in [6.07, 6.45) is 10.2. The van der Waals surface area contributed by atoms with Gasteiger partial charge in [-0.25, -0.2) is 4.98 Å². The van der Waals surface area contributed by atoms with Crippen LogP contribution >= 0.6 is 0 Å². The van der Waals surface area contributed by atoms with E-state index in [1.165, 1.54) is 43.2 Å². The topological polar surface area (TPSA) is 59.4 Å². The molecule has 0 saturated heterocycles. The van der Waals surface area contributed by atoms with Gasteiger partial charge in [0, 0.05) is 44.1 Å². The summed E-state index contributed by atoms with van der Waals surface area (Å²) in [5.41, 5.74) is 3.07. The Balaban J connectivity index is 1.30. The van der Waals surface area contributed by atoms with Crippen molar-refractivity contribution in [3.05, 3.63) is 83.4 Å². The molecule has 1 saturated carbocycles. The Hall–Kier alpha value is -3.12. The summed E-state index contributed by atoms with van der Waals surface area (Å²) < 4.78 is 7.70. The maximum Gasteiger partial charge on any atom is 0.251 e. The number of carbonyl (C=O) groups excluding carboxylic acids is 1. The molecule has 1 fully saturated rings. The van der Waals surface area contributed by atoms with Crippen molar-refractivity contribution in [1.82, 2.24) is 19.8 Å². The third kappa shape index (κ3) is 6.23. The zero-order chi connectivity index (χ0) is 23.0. The molecular formula is C27H34N4O2. The molecule has 174 valence electrons. The molecule has 0 unspecified atom stereocenters. The number of aromatic nitrogens is 2. The number of benzene rings is 2. The third-order valence-electron chi connectivity index (χ3n) is 6.58. The first-order chi connectivity index (χ1) is 16.1. The number of nitrogens with one attached hydrogen (secondary N) is 1. The van der Waals surface area contributed by atoms with Crippen molar-refractivity contribution >= 4 is 5.91 Å². The quantitative estimate of drug-likeness (QED) is 0.518. The summed E-state index contributed by atoms with van der Waals surface area (Å²) in [5, 5.41) is 3.08. The highest BCUT2D eigenvalue weighted by atomic mass is 16.5. The number of ether oxygens (including phenoxy) is 1. The Morgan fingerprint density at radius 3 is 2.52 bits per heavy atom. The standard InChI is InChI=1S/C27H34N4O2/c1-30-17-16-28-26(30)20-33-25-14-12-21(13-15-25)27(32)29-18-22-8-6-7-9-23(22)19-31(2)24-10-4-3-5-11-24/h6-9,12-17,24H,3-5,10-11,18-20H2,1-2H3,(H,29,32). The third-order valence-corrected chi connectivity index (χ3v) is 6.58. The van der Waals surface area contributed by atoms with Gasteiger partial charge in [-0.2, -0.15) is 0 Å². The van der Waals surface area contributed by atoms with Crippen molar-refractivity contribution < 1.29 is 9.53 Å². The molecule has 1 aliphatic carbocycles. The van der Waals surface area contributed by atoms with E-state index in [0.29, 0.717) is 30.5 Å².